The molecule has 4 bridgehead atoms. The Morgan fingerprint density at radius 1 is 1.09 bits per heavy atom. The van der Waals surface area contributed by atoms with Gasteiger partial charge in [0.15, 0.2) is 11.6 Å². The lowest BCUT2D eigenvalue weighted by Gasteiger charge is -2.59. The standard InChI is InChI=1S/C19H23F2NO/c1-11(22-18(23)15-2-3-16(20)17(21)7-15)19-8-12-4-13(9-19)6-14(5-12)10-19/h2-3,7,11-14H,4-6,8-10H2,1H3,(H,22,23). The van der Waals surface area contributed by atoms with Gasteiger partial charge in [-0.3, -0.25) is 4.79 Å². The van der Waals surface area contributed by atoms with Crippen molar-refractivity contribution in [3.8, 4) is 0 Å². The maximum absolute atomic E-state index is 13.3. The first-order chi connectivity index (χ1) is 10.9. The van der Waals surface area contributed by atoms with Gasteiger partial charge in [0.2, 0.25) is 0 Å². The third-order valence-corrected chi connectivity index (χ3v) is 6.53. The van der Waals surface area contributed by atoms with Crippen LogP contribution in [-0.4, -0.2) is 11.9 Å². The first-order valence-corrected chi connectivity index (χ1v) is 8.71. The molecule has 4 heteroatoms. The van der Waals surface area contributed by atoms with Crippen LogP contribution in [0.4, 0.5) is 8.78 Å². The third kappa shape index (κ3) is 2.56. The molecule has 0 heterocycles. The fraction of sp³-hybridized carbons (Fsp3) is 0.632. The summed E-state index contributed by atoms with van der Waals surface area (Å²) in [5.74, 6) is 0.277. The van der Waals surface area contributed by atoms with Crippen molar-refractivity contribution in [3.05, 3.63) is 35.4 Å². The van der Waals surface area contributed by atoms with E-state index in [0.29, 0.717) is 0 Å². The van der Waals surface area contributed by atoms with Crippen LogP contribution in [0.15, 0.2) is 18.2 Å². The van der Waals surface area contributed by atoms with Gasteiger partial charge in [-0.1, -0.05) is 0 Å². The second-order valence-electron chi connectivity index (χ2n) is 8.10. The molecule has 1 N–H and O–H groups in total. The average Bonchev–Trinajstić information content (AvgIpc) is 2.48. The van der Waals surface area contributed by atoms with Crippen LogP contribution in [0.3, 0.4) is 0 Å². The number of nitrogens with one attached hydrogen (secondary N) is 1. The molecule has 1 aromatic carbocycles. The van der Waals surface area contributed by atoms with Crippen LogP contribution in [0, 0.1) is 34.8 Å². The fourth-order valence-corrected chi connectivity index (χ4v) is 5.78. The summed E-state index contributed by atoms with van der Waals surface area (Å²) in [6, 6.07) is 3.42. The number of halogens is 2. The smallest absolute Gasteiger partial charge is 0.251 e. The van der Waals surface area contributed by atoms with Crippen LogP contribution in [0.1, 0.15) is 55.8 Å². The van der Waals surface area contributed by atoms with Gasteiger partial charge in [-0.15, -0.1) is 0 Å². The second kappa shape index (κ2) is 5.29. The third-order valence-electron chi connectivity index (χ3n) is 6.53. The maximum atomic E-state index is 13.3. The van der Waals surface area contributed by atoms with Crippen molar-refractivity contribution in [2.45, 2.75) is 51.5 Å². The molecule has 5 rings (SSSR count). The number of amides is 1. The minimum atomic E-state index is -0.972. The molecule has 0 aromatic heterocycles. The molecule has 4 fully saturated rings. The van der Waals surface area contributed by atoms with E-state index < -0.39 is 11.6 Å². The number of rotatable bonds is 3. The minimum absolute atomic E-state index is 0.0801. The van der Waals surface area contributed by atoms with Crippen molar-refractivity contribution in [3.63, 3.8) is 0 Å². The van der Waals surface area contributed by atoms with Gasteiger partial charge in [0.05, 0.1) is 0 Å². The van der Waals surface area contributed by atoms with Gasteiger partial charge >= 0.3 is 0 Å². The quantitative estimate of drug-likeness (QED) is 0.884. The zero-order chi connectivity index (χ0) is 16.2. The summed E-state index contributed by atoms with van der Waals surface area (Å²) < 4.78 is 26.4. The molecule has 0 spiro atoms. The Kier molecular flexibility index (Phi) is 3.47. The van der Waals surface area contributed by atoms with E-state index in [9.17, 15) is 13.6 Å². The number of hydrogen-bond donors (Lipinski definition) is 1. The summed E-state index contributed by atoms with van der Waals surface area (Å²) in [7, 11) is 0. The first kappa shape index (κ1) is 15.1. The highest BCUT2D eigenvalue weighted by molar-refractivity contribution is 5.94. The summed E-state index contributed by atoms with van der Waals surface area (Å²) in [6.45, 7) is 2.09. The Bertz CT molecular complexity index is 607. The Morgan fingerprint density at radius 3 is 2.17 bits per heavy atom. The van der Waals surface area contributed by atoms with Crippen LogP contribution >= 0.6 is 0 Å². The summed E-state index contributed by atoms with van der Waals surface area (Å²) in [6.07, 6.45) is 7.71. The Labute approximate surface area is 135 Å². The zero-order valence-electron chi connectivity index (χ0n) is 13.4. The molecule has 1 amide bonds. The van der Waals surface area contributed by atoms with Gasteiger partial charge < -0.3 is 5.32 Å². The molecule has 23 heavy (non-hydrogen) atoms. The monoisotopic (exact) mass is 319 g/mol. The minimum Gasteiger partial charge on any atom is -0.349 e. The lowest BCUT2D eigenvalue weighted by Crippen LogP contribution is -2.55. The van der Waals surface area contributed by atoms with Gasteiger partial charge in [-0.2, -0.15) is 0 Å². The van der Waals surface area contributed by atoms with E-state index in [1.165, 1.54) is 44.6 Å². The molecule has 4 aliphatic rings. The predicted octanol–water partition coefficient (Wildman–Crippen LogP) is 4.30. The first-order valence-electron chi connectivity index (χ1n) is 8.71. The van der Waals surface area contributed by atoms with E-state index in [1.807, 2.05) is 0 Å². The Balaban J connectivity index is 1.50. The highest BCUT2D eigenvalue weighted by Gasteiger charge is 2.53. The highest BCUT2D eigenvalue weighted by atomic mass is 19.2. The summed E-state index contributed by atoms with van der Waals surface area (Å²) in [5.41, 5.74) is 0.406. The maximum Gasteiger partial charge on any atom is 0.251 e. The molecule has 4 aliphatic carbocycles. The normalized spacial score (nSPS) is 36.0. The summed E-state index contributed by atoms with van der Waals surface area (Å²) >= 11 is 0. The van der Waals surface area contributed by atoms with E-state index in [1.54, 1.807) is 0 Å². The van der Waals surface area contributed by atoms with Crippen LogP contribution in [-0.2, 0) is 0 Å². The van der Waals surface area contributed by atoms with E-state index in [0.717, 1.165) is 29.9 Å². The average molecular weight is 319 g/mol. The number of carbonyl (C=O) groups excluding carboxylic acids is 1. The van der Waals surface area contributed by atoms with Crippen molar-refractivity contribution in [2.24, 2.45) is 23.2 Å². The predicted molar refractivity (Wildman–Crippen MR) is 83.9 cm³/mol. The molecular formula is C19H23F2NO. The SMILES string of the molecule is CC(NC(=O)c1ccc(F)c(F)c1)C12CC3CC(CC(C3)C1)C2. The molecule has 1 aromatic rings. The topological polar surface area (TPSA) is 29.1 Å². The van der Waals surface area contributed by atoms with Gasteiger partial charge in [0.1, 0.15) is 0 Å². The Morgan fingerprint density at radius 2 is 1.65 bits per heavy atom. The number of carbonyl (C=O) groups is 1. The van der Waals surface area contributed by atoms with E-state index in [2.05, 4.69) is 12.2 Å². The lowest BCUT2D eigenvalue weighted by atomic mass is 9.48. The second-order valence-corrected chi connectivity index (χ2v) is 8.10. The fourth-order valence-electron chi connectivity index (χ4n) is 5.78. The summed E-state index contributed by atoms with van der Waals surface area (Å²) in [4.78, 5) is 12.4. The van der Waals surface area contributed by atoms with Crippen LogP contribution in [0.2, 0.25) is 0 Å². The Hall–Kier alpha value is -1.45. The number of benzene rings is 1. The van der Waals surface area contributed by atoms with Crippen LogP contribution in [0.5, 0.6) is 0 Å². The van der Waals surface area contributed by atoms with Crippen LogP contribution in [0.25, 0.3) is 0 Å². The molecule has 0 aliphatic heterocycles. The van der Waals surface area contributed by atoms with Gasteiger partial charge in [0, 0.05) is 11.6 Å². The van der Waals surface area contributed by atoms with E-state index in [4.69, 9.17) is 0 Å². The van der Waals surface area contributed by atoms with Crippen molar-refractivity contribution >= 4 is 5.91 Å². The van der Waals surface area contributed by atoms with Crippen molar-refractivity contribution in [1.29, 1.82) is 0 Å². The highest BCUT2D eigenvalue weighted by Crippen LogP contribution is 2.61. The molecule has 124 valence electrons. The molecule has 1 atom stereocenters. The van der Waals surface area contributed by atoms with Gasteiger partial charge in [-0.05, 0) is 86.8 Å². The number of hydrogen-bond acceptors (Lipinski definition) is 1. The molecule has 1 unspecified atom stereocenters. The molecule has 0 saturated heterocycles. The summed E-state index contributed by atoms with van der Waals surface area (Å²) in [5, 5.41) is 3.07. The van der Waals surface area contributed by atoms with E-state index >= 15 is 0 Å². The largest absolute Gasteiger partial charge is 0.349 e. The molecule has 4 saturated carbocycles. The van der Waals surface area contributed by atoms with Gasteiger partial charge in [-0.25, -0.2) is 8.78 Å². The van der Waals surface area contributed by atoms with Crippen LogP contribution < -0.4 is 5.32 Å². The van der Waals surface area contributed by atoms with Crippen molar-refractivity contribution in [2.75, 3.05) is 0 Å². The van der Waals surface area contributed by atoms with Crippen molar-refractivity contribution in [1.82, 2.24) is 5.32 Å². The van der Waals surface area contributed by atoms with Gasteiger partial charge in [0.25, 0.3) is 5.91 Å². The lowest BCUT2D eigenvalue weighted by molar-refractivity contribution is -0.0688. The van der Waals surface area contributed by atoms with Crippen molar-refractivity contribution < 1.29 is 13.6 Å². The van der Waals surface area contributed by atoms with E-state index in [-0.39, 0.29) is 22.9 Å². The zero-order valence-corrected chi connectivity index (χ0v) is 13.4. The molecule has 2 nitrogen and oxygen atoms in total. The molecule has 0 radical (unpaired) electrons. The molecular weight excluding hydrogens is 296 g/mol.